The van der Waals surface area contributed by atoms with E-state index >= 15 is 0 Å². The van der Waals surface area contributed by atoms with E-state index < -0.39 is 0 Å². The van der Waals surface area contributed by atoms with Gasteiger partial charge in [-0.3, -0.25) is 9.59 Å². The lowest BCUT2D eigenvalue weighted by molar-refractivity contribution is -0.145. The summed E-state index contributed by atoms with van der Waals surface area (Å²) in [7, 11) is 3.19. The van der Waals surface area contributed by atoms with Gasteiger partial charge < -0.3 is 19.1 Å². The third kappa shape index (κ3) is 2.92. The first-order valence-electron chi connectivity index (χ1n) is 8.27. The maximum atomic E-state index is 12.4. The van der Waals surface area contributed by atoms with E-state index in [4.69, 9.17) is 14.2 Å². The number of fused-ring (bicyclic) bond motifs is 1. The van der Waals surface area contributed by atoms with Crippen molar-refractivity contribution in [2.75, 3.05) is 20.8 Å². The van der Waals surface area contributed by atoms with Gasteiger partial charge in [-0.15, -0.1) is 0 Å². The van der Waals surface area contributed by atoms with E-state index in [-0.39, 0.29) is 29.8 Å². The fourth-order valence-electron chi connectivity index (χ4n) is 3.64. The molecule has 3 rings (SSSR count). The van der Waals surface area contributed by atoms with Crippen LogP contribution in [-0.2, 0) is 20.9 Å². The Kier molecular flexibility index (Phi) is 4.64. The Morgan fingerprint density at radius 2 is 2.08 bits per heavy atom. The normalized spacial score (nSPS) is 25.0. The van der Waals surface area contributed by atoms with Gasteiger partial charge in [0.05, 0.1) is 26.7 Å². The quantitative estimate of drug-likeness (QED) is 0.745. The highest BCUT2D eigenvalue weighted by atomic mass is 16.5. The molecular weight excluding hydrogens is 310 g/mol. The molecule has 2 fully saturated rings. The number of piperidine rings is 1. The zero-order chi connectivity index (χ0) is 17.3. The molecule has 1 aliphatic carbocycles. The SMILES string of the molecule is CCOC(=O)[C@@H]1[C@@H]2CCC(=O)N(Cc3ccc(OC)cc3OC)[C@@H]21. The molecule has 6 nitrogen and oxygen atoms in total. The van der Waals surface area contributed by atoms with Crippen molar-refractivity contribution in [2.24, 2.45) is 11.8 Å². The number of ether oxygens (including phenoxy) is 3. The predicted molar refractivity (Wildman–Crippen MR) is 86.7 cm³/mol. The highest BCUT2D eigenvalue weighted by molar-refractivity contribution is 5.84. The van der Waals surface area contributed by atoms with Gasteiger partial charge in [0, 0.05) is 30.6 Å². The molecule has 1 aromatic rings. The van der Waals surface area contributed by atoms with Crippen molar-refractivity contribution in [3.05, 3.63) is 23.8 Å². The maximum absolute atomic E-state index is 12.4. The summed E-state index contributed by atoms with van der Waals surface area (Å²) in [5, 5.41) is 0. The lowest BCUT2D eigenvalue weighted by Crippen LogP contribution is -2.37. The maximum Gasteiger partial charge on any atom is 0.311 e. The van der Waals surface area contributed by atoms with Gasteiger partial charge in [0.15, 0.2) is 0 Å². The number of nitrogens with zero attached hydrogens (tertiary/aromatic N) is 1. The zero-order valence-electron chi connectivity index (χ0n) is 14.3. The molecule has 6 heteroatoms. The second-order valence-electron chi connectivity index (χ2n) is 6.17. The second kappa shape index (κ2) is 6.71. The molecule has 1 aliphatic heterocycles. The average Bonchev–Trinajstić information content (AvgIpc) is 3.32. The molecule has 1 amide bonds. The first-order chi connectivity index (χ1) is 11.6. The van der Waals surface area contributed by atoms with E-state index in [1.54, 1.807) is 32.1 Å². The highest BCUT2D eigenvalue weighted by Crippen LogP contribution is 2.51. The van der Waals surface area contributed by atoms with Gasteiger partial charge in [-0.05, 0) is 31.4 Å². The number of hydrogen-bond donors (Lipinski definition) is 0. The van der Waals surface area contributed by atoms with Crippen LogP contribution in [0.2, 0.25) is 0 Å². The first-order valence-corrected chi connectivity index (χ1v) is 8.27. The Balaban J connectivity index is 1.78. The number of carbonyl (C=O) groups is 2. The molecule has 1 saturated heterocycles. The number of carbonyl (C=O) groups excluding carboxylic acids is 2. The molecule has 0 aromatic heterocycles. The number of rotatable bonds is 6. The minimum absolute atomic E-state index is 0.0443. The van der Waals surface area contributed by atoms with Gasteiger partial charge in [0.25, 0.3) is 0 Å². The van der Waals surface area contributed by atoms with Crippen LogP contribution in [0.3, 0.4) is 0 Å². The molecule has 0 spiro atoms. The van der Waals surface area contributed by atoms with Crippen LogP contribution in [0, 0.1) is 11.8 Å². The summed E-state index contributed by atoms with van der Waals surface area (Å²) in [5.74, 6) is 1.33. The molecule has 0 bridgehead atoms. The molecule has 2 aliphatic rings. The van der Waals surface area contributed by atoms with Crippen molar-refractivity contribution in [3.8, 4) is 11.5 Å². The van der Waals surface area contributed by atoms with E-state index in [0.717, 1.165) is 12.0 Å². The van der Waals surface area contributed by atoms with E-state index in [2.05, 4.69) is 0 Å². The van der Waals surface area contributed by atoms with Gasteiger partial charge in [-0.25, -0.2) is 0 Å². The van der Waals surface area contributed by atoms with Crippen LogP contribution in [0.1, 0.15) is 25.3 Å². The van der Waals surface area contributed by atoms with Crippen molar-refractivity contribution < 1.29 is 23.8 Å². The number of hydrogen-bond acceptors (Lipinski definition) is 5. The van der Waals surface area contributed by atoms with Gasteiger partial charge in [0.1, 0.15) is 11.5 Å². The summed E-state index contributed by atoms with van der Waals surface area (Å²) < 4.78 is 15.8. The van der Waals surface area contributed by atoms with Crippen molar-refractivity contribution in [3.63, 3.8) is 0 Å². The Labute approximate surface area is 141 Å². The van der Waals surface area contributed by atoms with Gasteiger partial charge in [-0.1, -0.05) is 0 Å². The Bertz CT molecular complexity index is 644. The van der Waals surface area contributed by atoms with E-state index in [1.807, 2.05) is 12.1 Å². The molecule has 24 heavy (non-hydrogen) atoms. The van der Waals surface area contributed by atoms with Crippen LogP contribution in [0.15, 0.2) is 18.2 Å². The Hall–Kier alpha value is -2.24. The lowest BCUT2D eigenvalue weighted by atomic mass is 10.1. The van der Waals surface area contributed by atoms with Gasteiger partial charge in [0.2, 0.25) is 5.91 Å². The summed E-state index contributed by atoms with van der Waals surface area (Å²) >= 11 is 0. The number of methoxy groups -OCH3 is 2. The van der Waals surface area contributed by atoms with E-state index in [0.29, 0.717) is 31.1 Å². The summed E-state index contributed by atoms with van der Waals surface area (Å²) in [6.07, 6.45) is 1.25. The van der Waals surface area contributed by atoms with Crippen LogP contribution in [-0.4, -0.2) is 43.6 Å². The molecule has 1 saturated carbocycles. The Morgan fingerprint density at radius 3 is 2.75 bits per heavy atom. The summed E-state index contributed by atoms with van der Waals surface area (Å²) in [6, 6.07) is 5.50. The topological polar surface area (TPSA) is 65.1 Å². The molecule has 0 radical (unpaired) electrons. The predicted octanol–water partition coefficient (Wildman–Crippen LogP) is 2.00. The number of likely N-dealkylation sites (tertiary alicyclic amines) is 1. The molecular formula is C18H23NO5. The van der Waals surface area contributed by atoms with Crippen LogP contribution >= 0.6 is 0 Å². The van der Waals surface area contributed by atoms with Crippen molar-refractivity contribution in [2.45, 2.75) is 32.4 Å². The number of esters is 1. The van der Waals surface area contributed by atoms with E-state index in [9.17, 15) is 9.59 Å². The second-order valence-corrected chi connectivity index (χ2v) is 6.17. The third-order valence-electron chi connectivity index (χ3n) is 4.89. The molecule has 0 N–H and O–H groups in total. The van der Waals surface area contributed by atoms with Crippen LogP contribution in [0.25, 0.3) is 0 Å². The fraction of sp³-hybridized carbons (Fsp3) is 0.556. The molecule has 0 unspecified atom stereocenters. The molecule has 1 aromatic carbocycles. The smallest absolute Gasteiger partial charge is 0.311 e. The molecule has 3 atom stereocenters. The van der Waals surface area contributed by atoms with Crippen LogP contribution < -0.4 is 9.47 Å². The van der Waals surface area contributed by atoms with Crippen LogP contribution in [0.5, 0.6) is 11.5 Å². The number of benzene rings is 1. The third-order valence-corrected chi connectivity index (χ3v) is 4.89. The minimum atomic E-state index is -0.186. The number of amides is 1. The fourth-order valence-corrected chi connectivity index (χ4v) is 3.64. The van der Waals surface area contributed by atoms with Crippen molar-refractivity contribution in [1.29, 1.82) is 0 Å². The van der Waals surface area contributed by atoms with Gasteiger partial charge in [-0.2, -0.15) is 0 Å². The molecule has 1 heterocycles. The summed E-state index contributed by atoms with van der Waals surface area (Å²) in [5.41, 5.74) is 0.904. The lowest BCUT2D eigenvalue weighted by Gasteiger charge is -2.27. The van der Waals surface area contributed by atoms with Crippen LogP contribution in [0.4, 0.5) is 0 Å². The van der Waals surface area contributed by atoms with Crippen molar-refractivity contribution in [1.82, 2.24) is 4.90 Å². The zero-order valence-corrected chi connectivity index (χ0v) is 14.3. The summed E-state index contributed by atoms with van der Waals surface area (Å²) in [6.45, 7) is 2.60. The average molecular weight is 333 g/mol. The monoisotopic (exact) mass is 333 g/mol. The van der Waals surface area contributed by atoms with Gasteiger partial charge >= 0.3 is 5.97 Å². The first kappa shape index (κ1) is 16.6. The minimum Gasteiger partial charge on any atom is -0.497 e. The Morgan fingerprint density at radius 1 is 1.29 bits per heavy atom. The summed E-state index contributed by atoms with van der Waals surface area (Å²) in [4.78, 5) is 26.3. The highest BCUT2D eigenvalue weighted by Gasteiger charge is 2.61. The standard InChI is InChI=1S/C18H23NO5/c1-4-24-18(21)16-13-7-8-15(20)19(17(13)16)10-11-5-6-12(22-2)9-14(11)23-3/h5-6,9,13,16-17H,4,7-8,10H2,1-3H3/t13-,16+,17-/m0/s1. The van der Waals surface area contributed by atoms with E-state index in [1.165, 1.54) is 0 Å². The van der Waals surface area contributed by atoms with Crippen molar-refractivity contribution >= 4 is 11.9 Å². The largest absolute Gasteiger partial charge is 0.497 e. The molecule has 130 valence electrons.